The van der Waals surface area contributed by atoms with Crippen molar-refractivity contribution in [3.8, 4) is 0 Å². The predicted molar refractivity (Wildman–Crippen MR) is 113 cm³/mol. The van der Waals surface area contributed by atoms with E-state index in [4.69, 9.17) is 0 Å². The smallest absolute Gasteiger partial charge is 0.256 e. The number of carbonyl (C=O) groups excluding carboxylic acids is 1. The number of hydrogen-bond donors (Lipinski definition) is 1. The molecule has 0 aliphatic heterocycles. The number of hydrogen-bond acceptors (Lipinski definition) is 3. The van der Waals surface area contributed by atoms with Crippen LogP contribution in [0, 0.1) is 0 Å². The van der Waals surface area contributed by atoms with Crippen molar-refractivity contribution in [2.24, 2.45) is 0 Å². The number of carbonyl (C=O) groups is 1. The van der Waals surface area contributed by atoms with Crippen LogP contribution in [0.2, 0.25) is 0 Å². The minimum absolute atomic E-state index is 0.0867. The van der Waals surface area contributed by atoms with Crippen LogP contribution < -0.4 is 5.32 Å². The molecule has 0 aliphatic carbocycles. The molecule has 0 spiro atoms. The Morgan fingerprint density at radius 3 is 2.30 bits per heavy atom. The van der Waals surface area contributed by atoms with Crippen LogP contribution >= 0.6 is 11.8 Å². The van der Waals surface area contributed by atoms with Crippen molar-refractivity contribution in [2.45, 2.75) is 36.8 Å². The van der Waals surface area contributed by atoms with Gasteiger partial charge in [0.05, 0.1) is 5.56 Å². The SMILES string of the molecule is CC(C)(C)c1ccc(NC(=O)c2ccccc2SCc2ccncc2)cc1. The van der Waals surface area contributed by atoms with Crippen LogP contribution in [-0.4, -0.2) is 10.9 Å². The molecule has 138 valence electrons. The molecule has 0 radical (unpaired) electrons. The first kappa shape index (κ1) is 19.2. The molecule has 3 rings (SSSR count). The fourth-order valence-corrected chi connectivity index (χ4v) is 3.68. The molecule has 1 heterocycles. The topological polar surface area (TPSA) is 42.0 Å². The van der Waals surface area contributed by atoms with E-state index in [0.717, 1.165) is 16.3 Å². The number of pyridine rings is 1. The highest BCUT2D eigenvalue weighted by atomic mass is 32.2. The van der Waals surface area contributed by atoms with Crippen LogP contribution in [0.3, 0.4) is 0 Å². The van der Waals surface area contributed by atoms with Crippen molar-refractivity contribution in [1.29, 1.82) is 0 Å². The number of amides is 1. The molecule has 0 fully saturated rings. The Kier molecular flexibility index (Phi) is 5.97. The lowest BCUT2D eigenvalue weighted by molar-refractivity contribution is 0.102. The number of rotatable bonds is 5. The molecular formula is C23H24N2OS. The molecule has 1 N–H and O–H groups in total. The Bertz CT molecular complexity index is 900. The third-order valence-electron chi connectivity index (χ3n) is 4.28. The van der Waals surface area contributed by atoms with Gasteiger partial charge in [-0.3, -0.25) is 9.78 Å². The zero-order valence-electron chi connectivity index (χ0n) is 15.9. The van der Waals surface area contributed by atoms with Gasteiger partial charge < -0.3 is 5.32 Å². The van der Waals surface area contributed by atoms with E-state index in [2.05, 4.69) is 43.2 Å². The second-order valence-electron chi connectivity index (χ2n) is 7.42. The summed E-state index contributed by atoms with van der Waals surface area (Å²) < 4.78 is 0. The Labute approximate surface area is 165 Å². The summed E-state index contributed by atoms with van der Waals surface area (Å²) in [5.74, 6) is 0.712. The summed E-state index contributed by atoms with van der Waals surface area (Å²) in [5.41, 5.74) is 4.02. The van der Waals surface area contributed by atoms with Crippen LogP contribution in [-0.2, 0) is 11.2 Å². The third kappa shape index (κ3) is 5.20. The summed E-state index contributed by atoms with van der Waals surface area (Å²) in [6, 6.07) is 19.8. The van der Waals surface area contributed by atoms with Gasteiger partial charge in [-0.15, -0.1) is 11.8 Å². The molecule has 0 bridgehead atoms. The largest absolute Gasteiger partial charge is 0.322 e. The predicted octanol–water partition coefficient (Wildman–Crippen LogP) is 5.92. The molecule has 0 saturated heterocycles. The van der Waals surface area contributed by atoms with Crippen molar-refractivity contribution >= 4 is 23.4 Å². The summed E-state index contributed by atoms with van der Waals surface area (Å²) in [7, 11) is 0. The minimum atomic E-state index is -0.0867. The highest BCUT2D eigenvalue weighted by Gasteiger charge is 2.15. The fourth-order valence-electron chi connectivity index (χ4n) is 2.67. The first-order chi connectivity index (χ1) is 12.9. The zero-order valence-corrected chi connectivity index (χ0v) is 16.7. The third-order valence-corrected chi connectivity index (χ3v) is 5.43. The normalized spacial score (nSPS) is 11.2. The molecule has 3 nitrogen and oxygen atoms in total. The Morgan fingerprint density at radius 2 is 1.63 bits per heavy atom. The van der Waals surface area contributed by atoms with E-state index in [0.29, 0.717) is 5.56 Å². The number of nitrogens with zero attached hydrogens (tertiary/aromatic N) is 1. The molecule has 0 aliphatic rings. The van der Waals surface area contributed by atoms with Crippen LogP contribution in [0.5, 0.6) is 0 Å². The van der Waals surface area contributed by atoms with Gasteiger partial charge >= 0.3 is 0 Å². The maximum Gasteiger partial charge on any atom is 0.256 e. The van der Waals surface area contributed by atoms with Crippen molar-refractivity contribution < 1.29 is 4.79 Å². The Morgan fingerprint density at radius 1 is 0.963 bits per heavy atom. The van der Waals surface area contributed by atoms with Crippen molar-refractivity contribution in [3.63, 3.8) is 0 Å². The van der Waals surface area contributed by atoms with Gasteiger partial charge in [0.1, 0.15) is 0 Å². The van der Waals surface area contributed by atoms with E-state index < -0.39 is 0 Å². The molecule has 1 aromatic heterocycles. The average Bonchev–Trinajstić information content (AvgIpc) is 2.67. The molecule has 0 atom stereocenters. The monoisotopic (exact) mass is 376 g/mol. The highest BCUT2D eigenvalue weighted by molar-refractivity contribution is 7.98. The number of aromatic nitrogens is 1. The summed E-state index contributed by atoms with van der Waals surface area (Å²) in [6.45, 7) is 6.53. The molecule has 3 aromatic rings. The summed E-state index contributed by atoms with van der Waals surface area (Å²) in [5, 5.41) is 3.01. The number of thioether (sulfide) groups is 1. The van der Waals surface area contributed by atoms with E-state index in [-0.39, 0.29) is 11.3 Å². The molecule has 1 amide bonds. The Balaban J connectivity index is 1.71. The van der Waals surface area contributed by atoms with Gasteiger partial charge in [0, 0.05) is 28.7 Å². The van der Waals surface area contributed by atoms with Crippen LogP contribution in [0.1, 0.15) is 42.3 Å². The number of anilines is 1. The quantitative estimate of drug-likeness (QED) is 0.562. The van der Waals surface area contributed by atoms with E-state index in [1.165, 1.54) is 11.1 Å². The van der Waals surface area contributed by atoms with Gasteiger partial charge in [-0.2, -0.15) is 0 Å². The van der Waals surface area contributed by atoms with E-state index >= 15 is 0 Å². The maximum atomic E-state index is 12.8. The first-order valence-electron chi connectivity index (χ1n) is 8.96. The number of benzene rings is 2. The van der Waals surface area contributed by atoms with E-state index in [1.54, 1.807) is 24.2 Å². The van der Waals surface area contributed by atoms with Gasteiger partial charge in [-0.25, -0.2) is 0 Å². The van der Waals surface area contributed by atoms with Gasteiger partial charge in [0.25, 0.3) is 5.91 Å². The van der Waals surface area contributed by atoms with E-state index in [9.17, 15) is 4.79 Å². The van der Waals surface area contributed by atoms with Crippen molar-refractivity contribution in [2.75, 3.05) is 5.32 Å². The second-order valence-corrected chi connectivity index (χ2v) is 8.44. The first-order valence-corrected chi connectivity index (χ1v) is 9.95. The van der Waals surface area contributed by atoms with Gasteiger partial charge in [-0.1, -0.05) is 45.0 Å². The maximum absolute atomic E-state index is 12.8. The van der Waals surface area contributed by atoms with Gasteiger partial charge in [0.15, 0.2) is 0 Å². The molecule has 2 aromatic carbocycles. The van der Waals surface area contributed by atoms with Gasteiger partial charge in [0.2, 0.25) is 0 Å². The van der Waals surface area contributed by atoms with Crippen molar-refractivity contribution in [1.82, 2.24) is 4.98 Å². The molecule has 0 saturated carbocycles. The number of nitrogens with one attached hydrogen (secondary N) is 1. The average molecular weight is 377 g/mol. The minimum Gasteiger partial charge on any atom is -0.322 e. The molecule has 27 heavy (non-hydrogen) atoms. The van der Waals surface area contributed by atoms with Crippen LogP contribution in [0.4, 0.5) is 5.69 Å². The second kappa shape index (κ2) is 8.40. The summed E-state index contributed by atoms with van der Waals surface area (Å²) >= 11 is 1.66. The fraction of sp³-hybridized carbons (Fsp3) is 0.217. The lowest BCUT2D eigenvalue weighted by Gasteiger charge is -2.19. The molecular weight excluding hydrogens is 352 g/mol. The lowest BCUT2D eigenvalue weighted by atomic mass is 9.87. The van der Waals surface area contributed by atoms with E-state index in [1.807, 2.05) is 48.5 Å². The van der Waals surface area contributed by atoms with Crippen LogP contribution in [0.25, 0.3) is 0 Å². The van der Waals surface area contributed by atoms with Crippen LogP contribution in [0.15, 0.2) is 78.0 Å². The highest BCUT2D eigenvalue weighted by Crippen LogP contribution is 2.27. The summed E-state index contributed by atoms with van der Waals surface area (Å²) in [4.78, 5) is 17.8. The molecule has 0 unspecified atom stereocenters. The standard InChI is InChI=1S/C23H24N2OS/c1-23(2,3)18-8-10-19(11-9-18)25-22(26)20-6-4-5-7-21(20)27-16-17-12-14-24-15-13-17/h4-15H,16H2,1-3H3,(H,25,26). The Hall–Kier alpha value is -2.59. The summed E-state index contributed by atoms with van der Waals surface area (Å²) in [6.07, 6.45) is 3.57. The van der Waals surface area contributed by atoms with Gasteiger partial charge in [-0.05, 0) is 52.9 Å². The zero-order chi connectivity index (χ0) is 19.3. The van der Waals surface area contributed by atoms with Crippen molar-refractivity contribution in [3.05, 3.63) is 89.7 Å². The molecule has 4 heteroatoms. The lowest BCUT2D eigenvalue weighted by Crippen LogP contribution is -2.14.